The van der Waals surface area contributed by atoms with E-state index in [0.29, 0.717) is 0 Å². The Balaban J connectivity index is 1.49. The second-order valence-corrected chi connectivity index (χ2v) is 9.91. The molecule has 4 rings (SSSR count). The minimum absolute atomic E-state index is 0.771. The van der Waals surface area contributed by atoms with Gasteiger partial charge in [-0.15, -0.1) is 0 Å². The van der Waals surface area contributed by atoms with Crippen molar-refractivity contribution in [3.05, 3.63) is 75.2 Å². The Morgan fingerprint density at radius 1 is 0.781 bits per heavy atom. The first kappa shape index (κ1) is 23.1. The Kier molecular flexibility index (Phi) is 8.04. The number of amidine groups is 1. The monoisotopic (exact) mass is 554 g/mol. The summed E-state index contributed by atoms with van der Waals surface area (Å²) in [6, 6.07) is 20.7. The van der Waals surface area contributed by atoms with Gasteiger partial charge in [0.15, 0.2) is 0 Å². The van der Waals surface area contributed by atoms with E-state index in [-0.39, 0.29) is 0 Å². The highest BCUT2D eigenvalue weighted by molar-refractivity contribution is 9.10. The molecule has 0 radical (unpaired) electrons. The quantitative estimate of drug-likeness (QED) is 0.267. The van der Waals surface area contributed by atoms with Crippen LogP contribution in [0, 0.1) is 0 Å². The average Bonchev–Trinajstić information content (AvgIpc) is 2.94. The van der Waals surface area contributed by atoms with E-state index >= 15 is 0 Å². The molecular weight excluding hydrogens is 528 g/mol. The van der Waals surface area contributed by atoms with Crippen LogP contribution in [0.4, 0.5) is 11.4 Å². The van der Waals surface area contributed by atoms with Crippen molar-refractivity contribution in [1.82, 2.24) is 0 Å². The molecule has 0 unspecified atom stereocenters. The summed E-state index contributed by atoms with van der Waals surface area (Å²) in [7, 11) is 0. The number of unbranched alkanes of at least 4 members (excludes halogenated alkanes) is 5. The van der Waals surface area contributed by atoms with Gasteiger partial charge in [-0.3, -0.25) is 0 Å². The number of aliphatic imine (C=N–C) groups is 1. The van der Waals surface area contributed by atoms with Gasteiger partial charge in [0.25, 0.3) is 0 Å². The number of ether oxygens (including phenoxy) is 1. The fraction of sp³-hybridized carbons (Fsp3) is 0.296. The summed E-state index contributed by atoms with van der Waals surface area (Å²) in [5, 5.41) is 3.54. The average molecular weight is 556 g/mol. The predicted octanol–water partition coefficient (Wildman–Crippen LogP) is 9.12. The zero-order valence-corrected chi connectivity index (χ0v) is 21.5. The molecule has 0 atom stereocenters. The van der Waals surface area contributed by atoms with Crippen LogP contribution in [0.5, 0.6) is 5.75 Å². The van der Waals surface area contributed by atoms with Crippen LogP contribution in [0.3, 0.4) is 0 Å². The maximum Gasteiger partial charge on any atom is 0.138 e. The van der Waals surface area contributed by atoms with E-state index in [9.17, 15) is 0 Å². The molecule has 0 amide bonds. The number of anilines is 1. The van der Waals surface area contributed by atoms with E-state index in [4.69, 9.17) is 9.73 Å². The van der Waals surface area contributed by atoms with Crippen LogP contribution in [-0.2, 0) is 0 Å². The van der Waals surface area contributed by atoms with Gasteiger partial charge in [-0.1, -0.05) is 83.0 Å². The van der Waals surface area contributed by atoms with Crippen LogP contribution in [0.1, 0.15) is 51.0 Å². The topological polar surface area (TPSA) is 33.6 Å². The third-order valence-corrected chi connectivity index (χ3v) is 6.60. The minimum Gasteiger partial charge on any atom is -0.494 e. The maximum atomic E-state index is 5.95. The van der Waals surface area contributed by atoms with Crippen molar-refractivity contribution in [2.45, 2.75) is 45.4 Å². The lowest BCUT2D eigenvalue weighted by molar-refractivity contribution is 0.304. The molecule has 3 aromatic rings. The molecule has 5 heteroatoms. The zero-order valence-electron chi connectivity index (χ0n) is 18.3. The zero-order chi connectivity index (χ0) is 22.3. The molecule has 166 valence electrons. The first-order chi connectivity index (χ1) is 15.6. The molecule has 0 spiro atoms. The third kappa shape index (κ3) is 5.81. The van der Waals surface area contributed by atoms with Crippen molar-refractivity contribution in [1.29, 1.82) is 0 Å². The molecule has 0 saturated heterocycles. The second kappa shape index (κ2) is 11.2. The molecule has 1 aliphatic rings. The van der Waals surface area contributed by atoms with Crippen LogP contribution in [0.15, 0.2) is 74.6 Å². The Bertz CT molecular complexity index is 1090. The Hall–Kier alpha value is -2.11. The van der Waals surface area contributed by atoms with Gasteiger partial charge >= 0.3 is 0 Å². The van der Waals surface area contributed by atoms with Crippen molar-refractivity contribution < 1.29 is 4.74 Å². The summed E-state index contributed by atoms with van der Waals surface area (Å²) in [5.41, 5.74) is 5.23. The van der Waals surface area contributed by atoms with Crippen LogP contribution < -0.4 is 10.1 Å². The molecular formula is C27H28Br2N2O. The van der Waals surface area contributed by atoms with E-state index in [1.165, 1.54) is 32.1 Å². The Morgan fingerprint density at radius 3 is 2.25 bits per heavy atom. The molecule has 3 nitrogen and oxygen atoms in total. The smallest absolute Gasteiger partial charge is 0.138 e. The summed E-state index contributed by atoms with van der Waals surface area (Å²) in [6.45, 7) is 3.02. The number of hydrogen-bond donors (Lipinski definition) is 1. The van der Waals surface area contributed by atoms with Crippen molar-refractivity contribution in [2.24, 2.45) is 4.99 Å². The van der Waals surface area contributed by atoms with Gasteiger partial charge in [0, 0.05) is 31.3 Å². The molecule has 1 aliphatic heterocycles. The van der Waals surface area contributed by atoms with Crippen molar-refractivity contribution in [2.75, 3.05) is 11.9 Å². The highest BCUT2D eigenvalue weighted by atomic mass is 79.9. The number of halogens is 2. The number of nitrogens with zero attached hydrogens (tertiary/aromatic N) is 1. The van der Waals surface area contributed by atoms with Crippen molar-refractivity contribution in [3.8, 4) is 16.9 Å². The highest BCUT2D eigenvalue weighted by Gasteiger charge is 2.18. The summed E-state index contributed by atoms with van der Waals surface area (Å²) in [6.07, 6.45) is 7.61. The fourth-order valence-corrected chi connectivity index (χ4v) is 4.58. The number of nitrogens with one attached hydrogen (secondary N) is 1. The standard InChI is InChI=1S/C27H28Br2N2O/c1-2-3-4-5-6-7-16-32-22-12-8-19(9-13-22)27-30-25-17-20(28)10-14-23(25)24-15-11-21(29)18-26(24)31-27/h8-15,17-18H,2-7,16H2,1H3,(H,30,31). The maximum absolute atomic E-state index is 5.95. The summed E-state index contributed by atoms with van der Waals surface area (Å²) in [5.74, 6) is 1.73. The van der Waals surface area contributed by atoms with Crippen molar-refractivity contribution in [3.63, 3.8) is 0 Å². The first-order valence-corrected chi connectivity index (χ1v) is 12.9. The lowest BCUT2D eigenvalue weighted by Crippen LogP contribution is -2.13. The highest BCUT2D eigenvalue weighted by Crippen LogP contribution is 2.40. The van der Waals surface area contributed by atoms with Gasteiger partial charge in [-0.05, 0) is 55.0 Å². The Morgan fingerprint density at radius 2 is 1.47 bits per heavy atom. The van der Waals surface area contributed by atoms with Gasteiger partial charge in [0.05, 0.1) is 12.3 Å². The number of hydrogen-bond acceptors (Lipinski definition) is 3. The van der Waals surface area contributed by atoms with E-state index in [2.05, 4.69) is 92.6 Å². The van der Waals surface area contributed by atoms with E-state index in [1.807, 2.05) is 12.1 Å². The van der Waals surface area contributed by atoms with Gasteiger partial charge in [0.2, 0.25) is 0 Å². The minimum atomic E-state index is 0.771. The predicted molar refractivity (Wildman–Crippen MR) is 142 cm³/mol. The molecule has 1 heterocycles. The number of benzene rings is 3. The molecule has 32 heavy (non-hydrogen) atoms. The van der Waals surface area contributed by atoms with Crippen LogP contribution in [0.2, 0.25) is 0 Å². The molecule has 0 aliphatic carbocycles. The lowest BCUT2D eigenvalue weighted by atomic mass is 10.0. The van der Waals surface area contributed by atoms with Crippen LogP contribution in [0.25, 0.3) is 11.1 Å². The number of rotatable bonds is 9. The Labute approximate surface area is 207 Å². The molecule has 0 aromatic heterocycles. The van der Waals surface area contributed by atoms with Gasteiger partial charge in [-0.25, -0.2) is 4.99 Å². The third-order valence-electron chi connectivity index (χ3n) is 5.61. The summed E-state index contributed by atoms with van der Waals surface area (Å²) in [4.78, 5) is 4.97. The van der Waals surface area contributed by atoms with Crippen LogP contribution in [-0.4, -0.2) is 12.4 Å². The van der Waals surface area contributed by atoms with E-state index < -0.39 is 0 Å². The van der Waals surface area contributed by atoms with E-state index in [0.717, 1.165) is 61.6 Å². The lowest BCUT2D eigenvalue weighted by Gasteiger charge is -2.12. The molecule has 3 aromatic carbocycles. The van der Waals surface area contributed by atoms with E-state index in [1.54, 1.807) is 0 Å². The molecule has 0 saturated carbocycles. The van der Waals surface area contributed by atoms with Gasteiger partial charge in [0.1, 0.15) is 11.6 Å². The summed E-state index contributed by atoms with van der Waals surface area (Å²) < 4.78 is 7.99. The first-order valence-electron chi connectivity index (χ1n) is 11.3. The fourth-order valence-electron chi connectivity index (χ4n) is 3.87. The summed E-state index contributed by atoms with van der Waals surface area (Å²) >= 11 is 7.18. The van der Waals surface area contributed by atoms with Crippen molar-refractivity contribution >= 4 is 49.1 Å². The van der Waals surface area contributed by atoms with Gasteiger partial charge in [-0.2, -0.15) is 0 Å². The largest absolute Gasteiger partial charge is 0.494 e. The SMILES string of the molecule is CCCCCCCCOc1ccc(C2=Nc3cc(Br)ccc3-c3ccc(Br)cc3N2)cc1. The second-order valence-electron chi connectivity index (χ2n) is 8.08. The normalized spacial score (nSPS) is 12.3. The van der Waals surface area contributed by atoms with Crippen LogP contribution >= 0.6 is 31.9 Å². The molecule has 0 fully saturated rings. The van der Waals surface area contributed by atoms with Gasteiger partial charge < -0.3 is 10.1 Å². The molecule has 0 bridgehead atoms. The number of fused-ring (bicyclic) bond motifs is 3. The molecule has 1 N–H and O–H groups in total.